The van der Waals surface area contributed by atoms with Crippen molar-refractivity contribution in [1.82, 2.24) is 10.6 Å². The van der Waals surface area contributed by atoms with Gasteiger partial charge in [0.2, 0.25) is 0 Å². The third-order valence-electron chi connectivity index (χ3n) is 4.27. The summed E-state index contributed by atoms with van der Waals surface area (Å²) in [6, 6.07) is 14.2. The van der Waals surface area contributed by atoms with Crippen LogP contribution < -0.4 is 15.4 Å². The quantitative estimate of drug-likeness (QED) is 0.725. The number of rotatable bonds is 8. The van der Waals surface area contributed by atoms with Crippen LogP contribution in [0.4, 0.5) is 4.39 Å². The van der Waals surface area contributed by atoms with Crippen LogP contribution in [0.5, 0.6) is 5.75 Å². The normalized spacial score (nSPS) is 15.5. The maximum absolute atomic E-state index is 13.5. The van der Waals surface area contributed by atoms with E-state index in [9.17, 15) is 9.18 Å². The van der Waals surface area contributed by atoms with E-state index >= 15 is 0 Å². The number of para-hydroxylation sites is 1. The first kappa shape index (κ1) is 17.4. The minimum atomic E-state index is -0.487. The Kier molecular flexibility index (Phi) is 6.01. The molecule has 2 aromatic rings. The van der Waals surface area contributed by atoms with E-state index in [-0.39, 0.29) is 17.6 Å². The lowest BCUT2D eigenvalue weighted by atomic mass is 10.1. The van der Waals surface area contributed by atoms with Crippen LogP contribution in [0.25, 0.3) is 0 Å². The van der Waals surface area contributed by atoms with Crippen LogP contribution in [0.2, 0.25) is 0 Å². The van der Waals surface area contributed by atoms with E-state index < -0.39 is 5.82 Å². The predicted molar refractivity (Wildman–Crippen MR) is 95.4 cm³/mol. The number of hydrogen-bond acceptors (Lipinski definition) is 3. The molecule has 0 radical (unpaired) electrons. The summed E-state index contributed by atoms with van der Waals surface area (Å²) in [5.74, 6) is 0.146. The smallest absolute Gasteiger partial charge is 0.254 e. The highest BCUT2D eigenvalue weighted by atomic mass is 19.1. The molecule has 1 aliphatic rings. The number of hydrogen-bond donors (Lipinski definition) is 2. The molecule has 1 heterocycles. The van der Waals surface area contributed by atoms with E-state index in [4.69, 9.17) is 4.74 Å². The molecule has 1 amide bonds. The summed E-state index contributed by atoms with van der Waals surface area (Å²) >= 11 is 0. The zero-order valence-electron chi connectivity index (χ0n) is 14.1. The molecule has 3 rings (SSSR count). The van der Waals surface area contributed by atoms with E-state index in [1.54, 1.807) is 12.1 Å². The van der Waals surface area contributed by atoms with Gasteiger partial charge in [-0.25, -0.2) is 4.39 Å². The number of carbonyl (C=O) groups is 1. The molecule has 0 aromatic heterocycles. The second-order valence-electron chi connectivity index (χ2n) is 6.20. The zero-order chi connectivity index (χ0) is 17.5. The summed E-state index contributed by atoms with van der Waals surface area (Å²) in [5, 5.41) is 6.15. The fraction of sp³-hybridized carbons (Fsp3) is 0.350. The van der Waals surface area contributed by atoms with Crippen LogP contribution in [-0.4, -0.2) is 31.6 Å². The van der Waals surface area contributed by atoms with Crippen LogP contribution in [0, 0.1) is 5.82 Å². The van der Waals surface area contributed by atoms with Crippen molar-refractivity contribution in [2.75, 3.05) is 19.6 Å². The molecule has 1 unspecified atom stereocenters. The average Bonchev–Trinajstić information content (AvgIpc) is 3.04. The van der Waals surface area contributed by atoms with Crippen molar-refractivity contribution in [2.45, 2.75) is 25.4 Å². The van der Waals surface area contributed by atoms with E-state index in [1.165, 1.54) is 17.7 Å². The van der Waals surface area contributed by atoms with Crippen molar-refractivity contribution in [1.29, 1.82) is 0 Å². The summed E-state index contributed by atoms with van der Waals surface area (Å²) in [5.41, 5.74) is 1.36. The van der Waals surface area contributed by atoms with E-state index in [1.807, 2.05) is 18.2 Å². The second kappa shape index (κ2) is 8.62. The third kappa shape index (κ3) is 4.79. The first-order valence-corrected chi connectivity index (χ1v) is 8.72. The van der Waals surface area contributed by atoms with Gasteiger partial charge in [-0.1, -0.05) is 30.3 Å². The van der Waals surface area contributed by atoms with Crippen LogP contribution in [0.15, 0.2) is 48.5 Å². The minimum absolute atomic E-state index is 0.0959. The highest BCUT2D eigenvalue weighted by Crippen LogP contribution is 2.27. The molecule has 5 heteroatoms. The van der Waals surface area contributed by atoms with E-state index in [2.05, 4.69) is 16.7 Å². The van der Waals surface area contributed by atoms with Gasteiger partial charge in [0.25, 0.3) is 5.91 Å². The van der Waals surface area contributed by atoms with E-state index in [0.29, 0.717) is 6.54 Å². The van der Waals surface area contributed by atoms with Gasteiger partial charge in [-0.05, 0) is 43.1 Å². The van der Waals surface area contributed by atoms with Gasteiger partial charge >= 0.3 is 0 Å². The largest absolute Gasteiger partial charge is 0.488 e. The number of unbranched alkanes of at least 4 members (excludes halogenated alkanes) is 1. The first-order chi connectivity index (χ1) is 12.2. The third-order valence-corrected chi connectivity index (χ3v) is 4.27. The highest BCUT2D eigenvalue weighted by Gasteiger charge is 2.21. The van der Waals surface area contributed by atoms with Crippen molar-refractivity contribution in [3.63, 3.8) is 0 Å². The Morgan fingerprint density at radius 2 is 1.84 bits per heavy atom. The second-order valence-corrected chi connectivity index (χ2v) is 6.20. The Labute approximate surface area is 147 Å². The zero-order valence-corrected chi connectivity index (χ0v) is 14.1. The van der Waals surface area contributed by atoms with E-state index in [0.717, 1.165) is 38.1 Å². The van der Waals surface area contributed by atoms with Gasteiger partial charge in [0.15, 0.2) is 0 Å². The molecule has 25 heavy (non-hydrogen) atoms. The Hall–Kier alpha value is -2.40. The van der Waals surface area contributed by atoms with Crippen LogP contribution in [0.1, 0.15) is 28.8 Å². The summed E-state index contributed by atoms with van der Waals surface area (Å²) in [4.78, 5) is 11.9. The Morgan fingerprint density at radius 1 is 1.08 bits per heavy atom. The number of benzene rings is 2. The van der Waals surface area contributed by atoms with Crippen LogP contribution in [0.3, 0.4) is 0 Å². The fourth-order valence-corrected chi connectivity index (χ4v) is 2.95. The standard InChI is InChI=1S/C20H23FN2O2/c21-18-9-3-2-8-17(18)20(24)23-12-6-5-11-22-14-16-13-15-7-1-4-10-19(15)25-16/h1-4,7-10,16,22H,5-6,11-14H2,(H,23,24). The molecule has 2 N–H and O–H groups in total. The average molecular weight is 342 g/mol. The molecule has 1 aliphatic heterocycles. The fourth-order valence-electron chi connectivity index (χ4n) is 2.95. The first-order valence-electron chi connectivity index (χ1n) is 8.72. The number of halogens is 1. The van der Waals surface area contributed by atoms with Gasteiger partial charge in [0.1, 0.15) is 17.7 Å². The van der Waals surface area contributed by atoms with Gasteiger partial charge < -0.3 is 15.4 Å². The SMILES string of the molecule is O=C(NCCCCNCC1Cc2ccccc2O1)c1ccccc1F. The Balaban J connectivity index is 1.25. The number of amides is 1. The molecular formula is C20H23FN2O2. The molecule has 0 spiro atoms. The maximum atomic E-state index is 13.5. The van der Waals surface area contributed by atoms with Crippen LogP contribution in [-0.2, 0) is 6.42 Å². The lowest BCUT2D eigenvalue weighted by Crippen LogP contribution is -2.31. The number of carbonyl (C=O) groups excluding carboxylic acids is 1. The van der Waals surface area contributed by atoms with Crippen molar-refractivity contribution < 1.29 is 13.9 Å². The van der Waals surface area contributed by atoms with Crippen molar-refractivity contribution in [2.24, 2.45) is 0 Å². The minimum Gasteiger partial charge on any atom is -0.488 e. The molecule has 0 fully saturated rings. The Morgan fingerprint density at radius 3 is 2.68 bits per heavy atom. The summed E-state index contributed by atoms with van der Waals surface area (Å²) in [6.45, 7) is 2.22. The molecule has 0 saturated carbocycles. The van der Waals surface area contributed by atoms with Crippen molar-refractivity contribution in [3.8, 4) is 5.75 Å². The molecule has 0 bridgehead atoms. The molecule has 0 saturated heterocycles. The maximum Gasteiger partial charge on any atom is 0.254 e. The summed E-state index contributed by atoms with van der Waals surface area (Å²) in [7, 11) is 0. The predicted octanol–water partition coefficient (Wildman–Crippen LogP) is 2.93. The van der Waals surface area contributed by atoms with Gasteiger partial charge in [-0.3, -0.25) is 4.79 Å². The highest BCUT2D eigenvalue weighted by molar-refractivity contribution is 5.94. The topological polar surface area (TPSA) is 50.4 Å². The molecule has 0 aliphatic carbocycles. The molecule has 132 valence electrons. The van der Waals surface area contributed by atoms with Gasteiger partial charge in [0.05, 0.1) is 5.56 Å². The van der Waals surface area contributed by atoms with Crippen LogP contribution >= 0.6 is 0 Å². The van der Waals surface area contributed by atoms with Crippen molar-refractivity contribution >= 4 is 5.91 Å². The van der Waals surface area contributed by atoms with Gasteiger partial charge in [-0.2, -0.15) is 0 Å². The Bertz CT molecular complexity index is 695. The summed E-state index contributed by atoms with van der Waals surface area (Å²) < 4.78 is 19.4. The molecule has 1 atom stereocenters. The molecular weight excluding hydrogens is 319 g/mol. The van der Waals surface area contributed by atoms with Crippen molar-refractivity contribution in [3.05, 3.63) is 65.5 Å². The molecule has 2 aromatic carbocycles. The van der Waals surface area contributed by atoms with Gasteiger partial charge in [-0.15, -0.1) is 0 Å². The number of ether oxygens (including phenoxy) is 1. The lowest BCUT2D eigenvalue weighted by Gasteiger charge is -2.12. The molecule has 4 nitrogen and oxygen atoms in total. The summed E-state index contributed by atoms with van der Waals surface area (Å²) in [6.07, 6.45) is 2.93. The number of fused-ring (bicyclic) bond motifs is 1. The lowest BCUT2D eigenvalue weighted by molar-refractivity contribution is 0.0949. The van der Waals surface area contributed by atoms with Gasteiger partial charge in [0, 0.05) is 19.5 Å². The monoisotopic (exact) mass is 342 g/mol. The number of nitrogens with one attached hydrogen (secondary N) is 2.